The molecular formula is C22H33N5O3. The highest BCUT2D eigenvalue weighted by atomic mass is 16.5. The van der Waals surface area contributed by atoms with Gasteiger partial charge in [0, 0.05) is 50.7 Å². The van der Waals surface area contributed by atoms with E-state index in [1.807, 2.05) is 19.1 Å². The van der Waals surface area contributed by atoms with Gasteiger partial charge in [0.25, 0.3) is 0 Å². The molecule has 1 amide bonds. The van der Waals surface area contributed by atoms with Crippen molar-refractivity contribution in [3.05, 3.63) is 35.4 Å². The summed E-state index contributed by atoms with van der Waals surface area (Å²) in [6, 6.07) is 5.81. The predicted octanol–water partition coefficient (Wildman–Crippen LogP) is 2.58. The summed E-state index contributed by atoms with van der Waals surface area (Å²) in [4.78, 5) is 14.4. The molecule has 1 aromatic carbocycles. The maximum atomic E-state index is 12.0. The van der Waals surface area contributed by atoms with Gasteiger partial charge in [0.15, 0.2) is 5.82 Å². The molecule has 0 radical (unpaired) electrons. The van der Waals surface area contributed by atoms with Crippen molar-refractivity contribution >= 4 is 5.91 Å². The fourth-order valence-corrected chi connectivity index (χ4v) is 3.81. The summed E-state index contributed by atoms with van der Waals surface area (Å²) >= 11 is 0. The molecule has 0 fully saturated rings. The van der Waals surface area contributed by atoms with Crippen molar-refractivity contribution in [2.45, 2.75) is 52.7 Å². The topological polar surface area (TPSA) is 81.5 Å². The molecule has 164 valence electrons. The van der Waals surface area contributed by atoms with E-state index in [1.165, 1.54) is 0 Å². The van der Waals surface area contributed by atoms with Crippen LogP contribution in [0.15, 0.2) is 18.2 Å². The Morgan fingerprint density at radius 2 is 1.97 bits per heavy atom. The molecule has 0 saturated carbocycles. The van der Waals surface area contributed by atoms with Gasteiger partial charge < -0.3 is 19.4 Å². The molecule has 1 atom stereocenters. The lowest BCUT2D eigenvalue weighted by Crippen LogP contribution is -2.34. The number of carbonyl (C=O) groups is 1. The van der Waals surface area contributed by atoms with Crippen LogP contribution in [0.2, 0.25) is 0 Å². The first-order chi connectivity index (χ1) is 14.5. The molecule has 1 aliphatic rings. The van der Waals surface area contributed by atoms with Crippen molar-refractivity contribution in [3.8, 4) is 11.5 Å². The first kappa shape index (κ1) is 22.1. The number of ether oxygens (including phenoxy) is 2. The van der Waals surface area contributed by atoms with Crippen LogP contribution < -0.4 is 14.8 Å². The number of carbonyl (C=O) groups excluding carboxylic acids is 1. The van der Waals surface area contributed by atoms with Gasteiger partial charge >= 0.3 is 0 Å². The zero-order chi connectivity index (χ0) is 21.7. The van der Waals surface area contributed by atoms with Crippen LogP contribution in [0.3, 0.4) is 0 Å². The third-order valence-electron chi connectivity index (χ3n) is 5.62. The Balaban J connectivity index is 1.74. The Kier molecular flexibility index (Phi) is 7.31. The minimum atomic E-state index is -0.132. The fraction of sp³-hybridized carbons (Fsp3) is 0.591. The van der Waals surface area contributed by atoms with Crippen molar-refractivity contribution in [2.24, 2.45) is 5.92 Å². The summed E-state index contributed by atoms with van der Waals surface area (Å²) in [5.41, 5.74) is 1.13. The van der Waals surface area contributed by atoms with Gasteiger partial charge in [0.1, 0.15) is 17.3 Å². The summed E-state index contributed by atoms with van der Waals surface area (Å²) in [5, 5.41) is 12.0. The first-order valence-electron chi connectivity index (χ1n) is 10.6. The van der Waals surface area contributed by atoms with Crippen LogP contribution in [0, 0.1) is 5.92 Å². The van der Waals surface area contributed by atoms with Crippen LogP contribution >= 0.6 is 0 Å². The smallest absolute Gasteiger partial charge is 0.220 e. The lowest BCUT2D eigenvalue weighted by molar-refractivity contribution is -0.121. The number of rotatable bonds is 8. The zero-order valence-electron chi connectivity index (χ0n) is 18.6. The van der Waals surface area contributed by atoms with E-state index in [9.17, 15) is 4.79 Å². The Morgan fingerprint density at radius 1 is 1.17 bits per heavy atom. The second-order valence-corrected chi connectivity index (χ2v) is 7.97. The molecule has 2 aromatic rings. The standard InChI is InChI=1S/C22H33N5O3/c1-6-20(28)23-21(15(2)3)22-25-24-19-9-10-26(11-12-27(19)22)14-16-7-8-17(29-4)13-18(16)30-5/h7-8,13,15,21H,6,9-12,14H2,1-5H3,(H,23,28)/t21-/m1/s1. The third-order valence-corrected chi connectivity index (χ3v) is 5.62. The molecule has 30 heavy (non-hydrogen) atoms. The second kappa shape index (κ2) is 9.93. The predicted molar refractivity (Wildman–Crippen MR) is 115 cm³/mol. The van der Waals surface area contributed by atoms with Crippen molar-refractivity contribution in [1.29, 1.82) is 0 Å². The molecule has 1 N–H and O–H groups in total. The molecule has 1 aromatic heterocycles. The van der Waals surface area contributed by atoms with E-state index in [2.05, 4.69) is 44.9 Å². The average molecular weight is 416 g/mol. The van der Waals surface area contributed by atoms with Crippen molar-refractivity contribution in [1.82, 2.24) is 25.0 Å². The van der Waals surface area contributed by atoms with E-state index in [0.29, 0.717) is 6.42 Å². The Morgan fingerprint density at radius 3 is 2.63 bits per heavy atom. The molecule has 8 nitrogen and oxygen atoms in total. The van der Waals surface area contributed by atoms with E-state index < -0.39 is 0 Å². The van der Waals surface area contributed by atoms with E-state index in [4.69, 9.17) is 9.47 Å². The summed E-state index contributed by atoms with van der Waals surface area (Å²) < 4.78 is 13.0. The molecule has 3 rings (SSSR count). The minimum absolute atomic E-state index is 0.0351. The van der Waals surface area contributed by atoms with E-state index in [0.717, 1.165) is 61.3 Å². The number of benzene rings is 1. The maximum absolute atomic E-state index is 12.0. The third kappa shape index (κ3) is 4.92. The normalized spacial score (nSPS) is 15.4. The van der Waals surface area contributed by atoms with Gasteiger partial charge in [0.05, 0.1) is 20.3 Å². The number of methoxy groups -OCH3 is 2. The summed E-state index contributed by atoms with van der Waals surface area (Å²) in [6.07, 6.45) is 1.28. The number of hydrogen-bond acceptors (Lipinski definition) is 6. The molecule has 0 unspecified atom stereocenters. The SMILES string of the molecule is CCC(=O)N[C@@H](c1nnc2n1CCN(Cc1ccc(OC)cc1OC)CC2)C(C)C. The van der Waals surface area contributed by atoms with Crippen molar-refractivity contribution in [3.63, 3.8) is 0 Å². The highest BCUT2D eigenvalue weighted by molar-refractivity contribution is 5.75. The number of nitrogens with zero attached hydrogens (tertiary/aromatic N) is 4. The number of nitrogens with one attached hydrogen (secondary N) is 1. The average Bonchev–Trinajstić information content (AvgIpc) is 3.05. The molecule has 2 heterocycles. The van der Waals surface area contributed by atoms with Gasteiger partial charge in [-0.15, -0.1) is 10.2 Å². The van der Waals surface area contributed by atoms with Crippen LogP contribution in [-0.4, -0.2) is 52.9 Å². The molecule has 0 saturated heterocycles. The molecule has 8 heteroatoms. The summed E-state index contributed by atoms with van der Waals surface area (Å²) in [7, 11) is 3.34. The van der Waals surface area contributed by atoms with Gasteiger partial charge in [-0.05, 0) is 12.0 Å². The summed E-state index contributed by atoms with van der Waals surface area (Å²) in [5.74, 6) is 3.72. The molecular weight excluding hydrogens is 382 g/mol. The number of amides is 1. The quantitative estimate of drug-likeness (QED) is 0.714. The fourth-order valence-electron chi connectivity index (χ4n) is 3.81. The highest BCUT2D eigenvalue weighted by Gasteiger charge is 2.27. The lowest BCUT2D eigenvalue weighted by atomic mass is 10.0. The van der Waals surface area contributed by atoms with E-state index >= 15 is 0 Å². The van der Waals surface area contributed by atoms with Gasteiger partial charge in [-0.25, -0.2) is 0 Å². The number of fused-ring (bicyclic) bond motifs is 1. The summed E-state index contributed by atoms with van der Waals surface area (Å²) in [6.45, 7) is 9.41. The maximum Gasteiger partial charge on any atom is 0.220 e. The van der Waals surface area contributed by atoms with E-state index in [-0.39, 0.29) is 17.9 Å². The Labute approximate surface area is 178 Å². The van der Waals surface area contributed by atoms with Crippen molar-refractivity contribution in [2.75, 3.05) is 27.3 Å². The largest absolute Gasteiger partial charge is 0.497 e. The zero-order valence-corrected chi connectivity index (χ0v) is 18.6. The van der Waals surface area contributed by atoms with E-state index in [1.54, 1.807) is 14.2 Å². The molecule has 0 spiro atoms. The van der Waals surface area contributed by atoms with Crippen LogP contribution in [0.4, 0.5) is 0 Å². The van der Waals surface area contributed by atoms with Crippen LogP contribution in [-0.2, 0) is 24.3 Å². The molecule has 1 aliphatic heterocycles. The minimum Gasteiger partial charge on any atom is -0.497 e. The highest BCUT2D eigenvalue weighted by Crippen LogP contribution is 2.27. The van der Waals surface area contributed by atoms with Crippen LogP contribution in [0.25, 0.3) is 0 Å². The lowest BCUT2D eigenvalue weighted by Gasteiger charge is -2.23. The van der Waals surface area contributed by atoms with Gasteiger partial charge in [-0.2, -0.15) is 0 Å². The Bertz CT molecular complexity index is 864. The monoisotopic (exact) mass is 415 g/mol. The van der Waals surface area contributed by atoms with Gasteiger partial charge in [-0.1, -0.05) is 26.8 Å². The molecule has 0 aliphatic carbocycles. The van der Waals surface area contributed by atoms with Gasteiger partial charge in [-0.3, -0.25) is 9.69 Å². The van der Waals surface area contributed by atoms with Crippen molar-refractivity contribution < 1.29 is 14.3 Å². The second-order valence-electron chi connectivity index (χ2n) is 7.97. The molecule has 0 bridgehead atoms. The van der Waals surface area contributed by atoms with Gasteiger partial charge in [0.2, 0.25) is 5.91 Å². The first-order valence-corrected chi connectivity index (χ1v) is 10.6. The number of hydrogen-bond donors (Lipinski definition) is 1. The van der Waals surface area contributed by atoms with Crippen LogP contribution in [0.1, 0.15) is 50.4 Å². The number of aromatic nitrogens is 3. The van der Waals surface area contributed by atoms with Crippen LogP contribution in [0.5, 0.6) is 11.5 Å². The Hall–Kier alpha value is -2.61.